The Morgan fingerprint density at radius 3 is 2.61 bits per heavy atom. The molecule has 6 nitrogen and oxygen atoms in total. The molecular weight excluding hydrogens is 388 g/mol. The molecule has 162 valence electrons. The summed E-state index contributed by atoms with van der Waals surface area (Å²) < 4.78 is 1.90. The number of hydrogen-bond donors (Lipinski definition) is 2. The number of amides is 2. The minimum Gasteiger partial charge on any atom is -0.349 e. The number of rotatable bonds is 6. The van der Waals surface area contributed by atoms with Crippen molar-refractivity contribution in [1.29, 1.82) is 0 Å². The highest BCUT2D eigenvalue weighted by Crippen LogP contribution is 2.24. The lowest BCUT2D eigenvalue weighted by molar-refractivity contribution is -0.126. The van der Waals surface area contributed by atoms with Gasteiger partial charge in [-0.25, -0.2) is 4.98 Å². The van der Waals surface area contributed by atoms with Crippen LogP contribution in [0, 0.1) is 19.8 Å². The topological polar surface area (TPSA) is 76.0 Å². The summed E-state index contributed by atoms with van der Waals surface area (Å²) >= 11 is 0. The van der Waals surface area contributed by atoms with Crippen LogP contribution in [0.1, 0.15) is 49.1 Å². The highest BCUT2D eigenvalue weighted by Gasteiger charge is 2.22. The number of para-hydroxylation sites is 2. The molecule has 0 bridgehead atoms. The van der Waals surface area contributed by atoms with Crippen LogP contribution in [0.25, 0.3) is 11.0 Å². The van der Waals surface area contributed by atoms with E-state index in [1.165, 1.54) is 6.42 Å². The summed E-state index contributed by atoms with van der Waals surface area (Å²) in [5.74, 6) is 0.774. The fraction of sp³-hybridized carbons (Fsp3) is 0.400. The highest BCUT2D eigenvalue weighted by molar-refractivity contribution is 5.92. The first kappa shape index (κ1) is 21.1. The van der Waals surface area contributed by atoms with E-state index in [1.54, 1.807) is 0 Å². The molecule has 2 aromatic carbocycles. The zero-order valence-electron chi connectivity index (χ0n) is 18.3. The van der Waals surface area contributed by atoms with Gasteiger partial charge in [0.05, 0.1) is 17.6 Å². The van der Waals surface area contributed by atoms with Crippen molar-refractivity contribution in [1.82, 2.24) is 14.9 Å². The third-order valence-corrected chi connectivity index (χ3v) is 6.31. The van der Waals surface area contributed by atoms with Crippen LogP contribution in [0.4, 0.5) is 5.69 Å². The molecule has 1 fully saturated rings. The minimum atomic E-state index is -0.114. The van der Waals surface area contributed by atoms with Crippen molar-refractivity contribution in [2.24, 2.45) is 5.92 Å². The lowest BCUT2D eigenvalue weighted by Crippen LogP contribution is -2.32. The molecule has 0 unspecified atom stereocenters. The Balaban J connectivity index is 1.51. The molecule has 1 aliphatic rings. The van der Waals surface area contributed by atoms with E-state index >= 15 is 0 Å². The Morgan fingerprint density at radius 1 is 1.03 bits per heavy atom. The van der Waals surface area contributed by atoms with Gasteiger partial charge >= 0.3 is 0 Å². The van der Waals surface area contributed by atoms with Crippen molar-refractivity contribution in [2.75, 3.05) is 5.32 Å². The van der Waals surface area contributed by atoms with Crippen molar-refractivity contribution in [3.05, 3.63) is 59.4 Å². The van der Waals surface area contributed by atoms with Crippen molar-refractivity contribution < 1.29 is 9.59 Å². The predicted octanol–water partition coefficient (Wildman–Crippen LogP) is 4.49. The summed E-state index contributed by atoms with van der Waals surface area (Å²) in [6.45, 7) is 4.49. The van der Waals surface area contributed by atoms with Crippen molar-refractivity contribution in [3.8, 4) is 0 Å². The number of imidazole rings is 1. The van der Waals surface area contributed by atoms with Crippen LogP contribution in [-0.4, -0.2) is 21.4 Å². The molecule has 31 heavy (non-hydrogen) atoms. The third-order valence-electron chi connectivity index (χ3n) is 6.31. The summed E-state index contributed by atoms with van der Waals surface area (Å²) in [5, 5.41) is 6.08. The van der Waals surface area contributed by atoms with Crippen LogP contribution in [0.15, 0.2) is 42.5 Å². The predicted molar refractivity (Wildman–Crippen MR) is 123 cm³/mol. The van der Waals surface area contributed by atoms with Gasteiger partial charge in [0.2, 0.25) is 11.8 Å². The Hall–Kier alpha value is -3.15. The summed E-state index contributed by atoms with van der Waals surface area (Å²) in [6.07, 6.45) is 5.38. The first-order valence-electron chi connectivity index (χ1n) is 11.1. The zero-order chi connectivity index (χ0) is 21.8. The van der Waals surface area contributed by atoms with E-state index in [0.29, 0.717) is 12.4 Å². The van der Waals surface area contributed by atoms with E-state index in [2.05, 4.69) is 15.6 Å². The van der Waals surface area contributed by atoms with Gasteiger partial charge < -0.3 is 15.2 Å². The molecule has 0 aliphatic heterocycles. The van der Waals surface area contributed by atoms with Crippen LogP contribution in [0.3, 0.4) is 0 Å². The molecule has 0 saturated heterocycles. The van der Waals surface area contributed by atoms with Crippen molar-refractivity contribution >= 4 is 28.5 Å². The number of fused-ring (bicyclic) bond motifs is 1. The normalized spacial score (nSPS) is 14.5. The smallest absolute Gasteiger partial charge is 0.244 e. The Labute approximate surface area is 183 Å². The molecular formula is C25H30N4O2. The second-order valence-electron chi connectivity index (χ2n) is 8.45. The number of benzene rings is 2. The van der Waals surface area contributed by atoms with Gasteiger partial charge in [-0.1, -0.05) is 43.5 Å². The number of carbonyl (C=O) groups is 2. The first-order chi connectivity index (χ1) is 15.0. The number of nitrogens with zero attached hydrogens (tertiary/aromatic N) is 2. The number of carbonyl (C=O) groups excluding carboxylic acids is 2. The quantitative estimate of drug-likeness (QED) is 0.619. The average Bonchev–Trinajstić information content (AvgIpc) is 3.13. The number of aryl methyl sites for hydroxylation is 1. The average molecular weight is 419 g/mol. The Kier molecular flexibility index (Phi) is 6.35. The number of hydrogen-bond acceptors (Lipinski definition) is 3. The first-order valence-corrected chi connectivity index (χ1v) is 11.1. The van der Waals surface area contributed by atoms with Gasteiger partial charge in [-0.05, 0) is 56.0 Å². The van der Waals surface area contributed by atoms with E-state index in [1.807, 2.05) is 60.9 Å². The van der Waals surface area contributed by atoms with Crippen molar-refractivity contribution in [3.63, 3.8) is 0 Å². The lowest BCUT2D eigenvalue weighted by atomic mass is 9.89. The van der Waals surface area contributed by atoms with Gasteiger partial charge in [0, 0.05) is 11.6 Å². The Bertz CT molecular complexity index is 1100. The lowest BCUT2D eigenvalue weighted by Gasteiger charge is -2.20. The maximum atomic E-state index is 12.9. The SMILES string of the molecule is Cc1cccc(NC(=O)Cn2c(CNC(=O)C3CCCCC3)nc3ccccc32)c1C. The molecule has 1 heterocycles. The van der Waals surface area contributed by atoms with Crippen LogP contribution < -0.4 is 10.6 Å². The van der Waals surface area contributed by atoms with Gasteiger partial charge in [0.1, 0.15) is 12.4 Å². The largest absolute Gasteiger partial charge is 0.349 e. The zero-order valence-corrected chi connectivity index (χ0v) is 18.3. The summed E-state index contributed by atoms with van der Waals surface area (Å²) in [7, 11) is 0. The number of anilines is 1. The standard InChI is InChI=1S/C25H30N4O2/c1-17-9-8-13-20(18(17)2)28-24(30)16-29-22-14-7-6-12-21(22)27-23(29)15-26-25(31)19-10-4-3-5-11-19/h6-9,12-14,19H,3-5,10-11,15-16H2,1-2H3,(H,26,31)(H,28,30). The van der Waals surface area contributed by atoms with E-state index in [0.717, 1.165) is 53.5 Å². The number of aromatic nitrogens is 2. The maximum Gasteiger partial charge on any atom is 0.244 e. The van der Waals surface area contributed by atoms with Gasteiger partial charge in [0.15, 0.2) is 0 Å². The third kappa shape index (κ3) is 4.79. The van der Waals surface area contributed by atoms with Crippen LogP contribution in [0.5, 0.6) is 0 Å². The van der Waals surface area contributed by atoms with E-state index in [4.69, 9.17) is 0 Å². The minimum absolute atomic E-state index is 0.0955. The fourth-order valence-corrected chi connectivity index (χ4v) is 4.33. The van der Waals surface area contributed by atoms with E-state index in [-0.39, 0.29) is 24.3 Å². The van der Waals surface area contributed by atoms with Gasteiger partial charge in [-0.3, -0.25) is 9.59 Å². The fourth-order valence-electron chi connectivity index (χ4n) is 4.33. The Morgan fingerprint density at radius 2 is 1.81 bits per heavy atom. The molecule has 0 spiro atoms. The molecule has 4 rings (SSSR count). The number of nitrogens with one attached hydrogen (secondary N) is 2. The second-order valence-corrected chi connectivity index (χ2v) is 8.45. The second kappa shape index (κ2) is 9.33. The van der Waals surface area contributed by atoms with Gasteiger partial charge in [0.25, 0.3) is 0 Å². The van der Waals surface area contributed by atoms with Crippen LogP contribution in [-0.2, 0) is 22.7 Å². The molecule has 2 N–H and O–H groups in total. The van der Waals surface area contributed by atoms with E-state index in [9.17, 15) is 9.59 Å². The molecule has 1 saturated carbocycles. The summed E-state index contributed by atoms with van der Waals surface area (Å²) in [6, 6.07) is 13.6. The van der Waals surface area contributed by atoms with Gasteiger partial charge in [-0.15, -0.1) is 0 Å². The van der Waals surface area contributed by atoms with Crippen LogP contribution >= 0.6 is 0 Å². The molecule has 0 atom stereocenters. The summed E-state index contributed by atoms with van der Waals surface area (Å²) in [4.78, 5) is 30.2. The molecule has 1 aromatic heterocycles. The molecule has 2 amide bonds. The molecule has 6 heteroatoms. The highest BCUT2D eigenvalue weighted by atomic mass is 16.2. The molecule has 3 aromatic rings. The van der Waals surface area contributed by atoms with E-state index < -0.39 is 0 Å². The summed E-state index contributed by atoms with van der Waals surface area (Å²) in [5.41, 5.74) is 4.73. The maximum absolute atomic E-state index is 12.9. The molecule has 1 aliphatic carbocycles. The monoisotopic (exact) mass is 418 g/mol. The van der Waals surface area contributed by atoms with Crippen LogP contribution in [0.2, 0.25) is 0 Å². The van der Waals surface area contributed by atoms with Gasteiger partial charge in [-0.2, -0.15) is 0 Å². The molecule has 0 radical (unpaired) electrons. The van der Waals surface area contributed by atoms with Crippen molar-refractivity contribution in [2.45, 2.75) is 59.0 Å².